The summed E-state index contributed by atoms with van der Waals surface area (Å²) in [5.74, 6) is -0.874. The van der Waals surface area contributed by atoms with Crippen molar-refractivity contribution >= 4 is 33.4 Å². The van der Waals surface area contributed by atoms with Crippen LogP contribution in [0.4, 0.5) is 16.1 Å². The van der Waals surface area contributed by atoms with Crippen molar-refractivity contribution in [2.45, 2.75) is 4.90 Å². The second-order valence-corrected chi connectivity index (χ2v) is 7.89. The number of carbonyl (C=O) groups is 1. The van der Waals surface area contributed by atoms with Gasteiger partial charge >= 0.3 is 6.01 Å². The Bertz CT molecular complexity index is 1240. The lowest BCUT2D eigenvalue weighted by Crippen LogP contribution is -2.15. The lowest BCUT2D eigenvalue weighted by molar-refractivity contribution is 0.102. The Kier molecular flexibility index (Phi) is 5.54. The summed E-state index contributed by atoms with van der Waals surface area (Å²) in [5, 5.41) is 9.91. The smallest absolute Gasteiger partial charge is 0.322 e. The zero-order valence-corrected chi connectivity index (χ0v) is 16.6. The molecule has 2 heterocycles. The number of carbonyl (C=O) groups excluding carboxylic acids is 1. The Labute approximate surface area is 175 Å². The van der Waals surface area contributed by atoms with Gasteiger partial charge in [0, 0.05) is 11.3 Å². The van der Waals surface area contributed by atoms with Gasteiger partial charge in [0.15, 0.2) is 0 Å². The maximum atomic E-state index is 13.0. The number of nitrogens with one attached hydrogen (secondary N) is 2. The van der Waals surface area contributed by atoms with Crippen molar-refractivity contribution in [1.29, 1.82) is 0 Å². The molecule has 0 aliphatic carbocycles. The third-order valence-corrected chi connectivity index (χ3v) is 5.40. The second kappa shape index (κ2) is 8.44. The molecule has 0 unspecified atom stereocenters. The Morgan fingerprint density at radius 2 is 1.87 bits per heavy atom. The van der Waals surface area contributed by atoms with E-state index in [1.165, 1.54) is 30.5 Å². The maximum Gasteiger partial charge on any atom is 0.322 e. The van der Waals surface area contributed by atoms with Gasteiger partial charge in [-0.15, -0.1) is 5.10 Å². The lowest BCUT2D eigenvalue weighted by atomic mass is 10.2. The Balaban J connectivity index is 1.46. The number of anilines is 2. The van der Waals surface area contributed by atoms with Crippen LogP contribution in [0.5, 0.6) is 0 Å². The molecule has 0 fully saturated rings. The summed E-state index contributed by atoms with van der Waals surface area (Å²) in [7, 11) is -3.96. The molecule has 31 heavy (non-hydrogen) atoms. The molecule has 1 amide bonds. The van der Waals surface area contributed by atoms with Gasteiger partial charge in [-0.1, -0.05) is 11.2 Å². The van der Waals surface area contributed by atoms with Crippen LogP contribution in [0.15, 0.2) is 64.1 Å². The van der Waals surface area contributed by atoms with Crippen LogP contribution in [-0.2, 0) is 19.5 Å². The minimum absolute atomic E-state index is 0.0378. The molecule has 0 atom stereocenters. The van der Waals surface area contributed by atoms with Crippen LogP contribution < -0.4 is 10.0 Å². The lowest BCUT2D eigenvalue weighted by Gasteiger charge is -2.12. The van der Waals surface area contributed by atoms with Crippen molar-refractivity contribution in [3.05, 3.63) is 72.1 Å². The largest absolute Gasteiger partial charge is 0.494 e. The molecule has 12 heteroatoms. The number of benzene rings is 2. The SMILES string of the molecule is O=C(Nc1nnc(C2=COCCO2)o1)c1cccc(NS(=O)(=O)c2ccc(F)cc2)c1. The summed E-state index contributed by atoms with van der Waals surface area (Å²) in [6.45, 7) is 0.735. The van der Waals surface area contributed by atoms with E-state index in [0.29, 0.717) is 13.2 Å². The molecule has 1 aliphatic rings. The second-order valence-electron chi connectivity index (χ2n) is 6.21. The molecule has 3 aromatic rings. The zero-order valence-electron chi connectivity index (χ0n) is 15.7. The van der Waals surface area contributed by atoms with E-state index in [9.17, 15) is 17.6 Å². The highest BCUT2D eigenvalue weighted by molar-refractivity contribution is 7.92. The highest BCUT2D eigenvalue weighted by atomic mass is 32.2. The summed E-state index contributed by atoms with van der Waals surface area (Å²) in [6.07, 6.45) is 1.33. The number of aromatic nitrogens is 2. The molecule has 2 aromatic carbocycles. The molecule has 1 aromatic heterocycles. The normalized spacial score (nSPS) is 13.5. The van der Waals surface area contributed by atoms with Crippen molar-refractivity contribution < 1.29 is 31.5 Å². The molecular formula is C19H15FN4O6S. The summed E-state index contributed by atoms with van der Waals surface area (Å²) < 4.78 is 56.0. The van der Waals surface area contributed by atoms with E-state index in [1.807, 2.05) is 0 Å². The molecule has 0 saturated carbocycles. The first-order chi connectivity index (χ1) is 14.9. The molecule has 0 spiro atoms. The first-order valence-corrected chi connectivity index (χ1v) is 10.4. The maximum absolute atomic E-state index is 13.0. The van der Waals surface area contributed by atoms with Crippen molar-refractivity contribution in [2.24, 2.45) is 0 Å². The monoisotopic (exact) mass is 446 g/mol. The quantitative estimate of drug-likeness (QED) is 0.590. The van der Waals surface area contributed by atoms with E-state index in [1.54, 1.807) is 0 Å². The highest BCUT2D eigenvalue weighted by Gasteiger charge is 2.19. The third kappa shape index (κ3) is 4.80. The standard InChI is InChI=1S/C19H15FN4O6S/c20-13-4-6-15(7-5-13)31(26,27)24-14-3-1-2-12(10-14)17(25)21-19-23-22-18(30-19)16-11-28-8-9-29-16/h1-7,10-11,24H,8-9H2,(H,21,23,25). The predicted molar refractivity (Wildman–Crippen MR) is 106 cm³/mol. The molecule has 4 rings (SSSR count). The molecule has 0 bridgehead atoms. The van der Waals surface area contributed by atoms with Crippen molar-refractivity contribution in [2.75, 3.05) is 23.3 Å². The zero-order chi connectivity index (χ0) is 21.8. The van der Waals surface area contributed by atoms with Gasteiger partial charge < -0.3 is 13.9 Å². The van der Waals surface area contributed by atoms with E-state index in [0.717, 1.165) is 24.3 Å². The fraction of sp³-hybridized carbons (Fsp3) is 0.105. The van der Waals surface area contributed by atoms with E-state index in [-0.39, 0.29) is 33.8 Å². The number of amides is 1. The predicted octanol–water partition coefficient (Wildman–Crippen LogP) is 2.61. The molecule has 0 radical (unpaired) electrons. The topological polar surface area (TPSA) is 133 Å². The van der Waals surface area contributed by atoms with Crippen molar-refractivity contribution in [1.82, 2.24) is 10.2 Å². The van der Waals surface area contributed by atoms with Gasteiger partial charge in [-0.3, -0.25) is 14.8 Å². The van der Waals surface area contributed by atoms with Gasteiger partial charge in [-0.2, -0.15) is 0 Å². The minimum Gasteiger partial charge on any atom is -0.494 e. The fourth-order valence-electron chi connectivity index (χ4n) is 2.57. The van der Waals surface area contributed by atoms with E-state index in [4.69, 9.17) is 13.9 Å². The first kappa shape index (κ1) is 20.3. The van der Waals surface area contributed by atoms with Crippen LogP contribution in [0.1, 0.15) is 16.2 Å². The van der Waals surface area contributed by atoms with Gasteiger partial charge in [-0.05, 0) is 42.5 Å². The average molecular weight is 446 g/mol. The van der Waals surface area contributed by atoms with Crippen molar-refractivity contribution in [3.8, 4) is 0 Å². The van der Waals surface area contributed by atoms with Gasteiger partial charge in [0.1, 0.15) is 25.3 Å². The van der Waals surface area contributed by atoms with Gasteiger partial charge in [0.05, 0.1) is 4.90 Å². The number of hydrogen-bond donors (Lipinski definition) is 2. The minimum atomic E-state index is -3.96. The Hall–Kier alpha value is -3.93. The number of rotatable bonds is 6. The molecule has 10 nitrogen and oxygen atoms in total. The molecule has 2 N–H and O–H groups in total. The molecule has 160 valence electrons. The molecular weight excluding hydrogens is 431 g/mol. The number of ether oxygens (including phenoxy) is 2. The van der Waals surface area contributed by atoms with Crippen LogP contribution >= 0.6 is 0 Å². The molecule has 0 saturated heterocycles. The van der Waals surface area contributed by atoms with Crippen LogP contribution in [-0.4, -0.2) is 37.7 Å². The number of hydrogen-bond acceptors (Lipinski definition) is 8. The van der Waals surface area contributed by atoms with Crippen LogP contribution in [0, 0.1) is 5.82 Å². The number of nitrogens with zero attached hydrogens (tertiary/aromatic N) is 2. The van der Waals surface area contributed by atoms with E-state index < -0.39 is 21.7 Å². The Morgan fingerprint density at radius 1 is 1.06 bits per heavy atom. The molecule has 1 aliphatic heterocycles. The fourth-order valence-corrected chi connectivity index (χ4v) is 3.62. The van der Waals surface area contributed by atoms with Gasteiger partial charge in [-0.25, -0.2) is 12.8 Å². The summed E-state index contributed by atoms with van der Waals surface area (Å²) in [6, 6.07) is 9.94. The van der Waals surface area contributed by atoms with Gasteiger partial charge in [0.2, 0.25) is 5.76 Å². The summed E-state index contributed by atoms with van der Waals surface area (Å²) in [5.41, 5.74) is 0.275. The number of sulfonamides is 1. The summed E-state index contributed by atoms with van der Waals surface area (Å²) in [4.78, 5) is 12.4. The van der Waals surface area contributed by atoms with Crippen LogP contribution in [0.25, 0.3) is 5.76 Å². The Morgan fingerprint density at radius 3 is 2.61 bits per heavy atom. The average Bonchev–Trinajstić information content (AvgIpc) is 3.23. The van der Waals surface area contributed by atoms with Crippen LogP contribution in [0.3, 0.4) is 0 Å². The third-order valence-electron chi connectivity index (χ3n) is 4.01. The van der Waals surface area contributed by atoms with Crippen LogP contribution in [0.2, 0.25) is 0 Å². The van der Waals surface area contributed by atoms with Gasteiger partial charge in [0.25, 0.3) is 21.8 Å². The van der Waals surface area contributed by atoms with E-state index >= 15 is 0 Å². The number of halogens is 1. The van der Waals surface area contributed by atoms with E-state index in [2.05, 4.69) is 20.2 Å². The summed E-state index contributed by atoms with van der Waals surface area (Å²) >= 11 is 0. The van der Waals surface area contributed by atoms with Crippen molar-refractivity contribution in [3.63, 3.8) is 0 Å². The highest BCUT2D eigenvalue weighted by Crippen LogP contribution is 2.21. The first-order valence-electron chi connectivity index (χ1n) is 8.89.